The summed E-state index contributed by atoms with van der Waals surface area (Å²) < 4.78 is 15.0. The normalized spacial score (nSPS) is 11.3. The number of phenols is 1. The maximum atomic E-state index is 13.2. The summed E-state index contributed by atoms with van der Waals surface area (Å²) in [7, 11) is 0. The number of phenolic OH excluding ortho intramolecular Hbond substituents is 1. The number of carbonyl (C=O) groups excluding carboxylic acids is 1. The van der Waals surface area contributed by atoms with Gasteiger partial charge in [0.2, 0.25) is 0 Å². The quantitative estimate of drug-likeness (QED) is 0.400. The number of rotatable bonds is 3. The number of anilines is 1. The van der Waals surface area contributed by atoms with Gasteiger partial charge in [-0.2, -0.15) is 0 Å². The van der Waals surface area contributed by atoms with Crippen LogP contribution in [0, 0.1) is 12.7 Å². The summed E-state index contributed by atoms with van der Waals surface area (Å²) in [6.07, 6.45) is 1.85. The van der Waals surface area contributed by atoms with Gasteiger partial charge in [-0.05, 0) is 43.3 Å². The van der Waals surface area contributed by atoms with Crippen molar-refractivity contribution in [1.82, 2.24) is 9.38 Å². The van der Waals surface area contributed by atoms with Gasteiger partial charge in [-0.3, -0.25) is 9.20 Å². The number of imidazole rings is 1. The molecular weight excluding hydrogens is 401 g/mol. The molecule has 148 valence electrons. The van der Waals surface area contributed by atoms with Gasteiger partial charge in [-0.25, -0.2) is 9.37 Å². The monoisotopic (exact) mass is 417 g/mol. The van der Waals surface area contributed by atoms with E-state index in [9.17, 15) is 14.3 Å². The zero-order valence-corrected chi connectivity index (χ0v) is 16.7. The number of hydrogen-bond donors (Lipinski definition) is 2. The SMILES string of the molecule is Cc1c(C(=O)Nc2cccc3c(O)cccc23)sc2nc(-c3ccc(F)cc3)cn12. The second-order valence-corrected chi connectivity index (χ2v) is 7.91. The molecule has 0 unspecified atom stereocenters. The Bertz CT molecular complexity index is 1420. The second kappa shape index (κ2) is 6.96. The van der Waals surface area contributed by atoms with E-state index in [0.29, 0.717) is 20.9 Å². The number of carbonyl (C=O) groups is 1. The molecule has 7 heteroatoms. The van der Waals surface area contributed by atoms with E-state index in [2.05, 4.69) is 10.3 Å². The molecule has 0 saturated carbocycles. The Labute approximate surface area is 175 Å². The zero-order chi connectivity index (χ0) is 20.8. The summed E-state index contributed by atoms with van der Waals surface area (Å²) in [5, 5.41) is 14.4. The molecule has 5 aromatic rings. The second-order valence-electron chi connectivity index (χ2n) is 6.93. The Morgan fingerprint density at radius 2 is 1.80 bits per heavy atom. The molecular formula is C23H16FN3O2S. The predicted octanol–water partition coefficient (Wildman–Crippen LogP) is 5.62. The van der Waals surface area contributed by atoms with Crippen molar-refractivity contribution in [2.24, 2.45) is 0 Å². The van der Waals surface area contributed by atoms with Crippen molar-refractivity contribution in [2.75, 3.05) is 5.32 Å². The number of amides is 1. The van der Waals surface area contributed by atoms with Gasteiger partial charge in [-0.1, -0.05) is 35.6 Å². The van der Waals surface area contributed by atoms with E-state index in [-0.39, 0.29) is 17.5 Å². The highest BCUT2D eigenvalue weighted by molar-refractivity contribution is 7.19. The number of fused-ring (bicyclic) bond motifs is 2. The van der Waals surface area contributed by atoms with Gasteiger partial charge in [0.25, 0.3) is 5.91 Å². The molecule has 2 N–H and O–H groups in total. The van der Waals surface area contributed by atoms with E-state index in [1.165, 1.54) is 23.5 Å². The van der Waals surface area contributed by atoms with Crippen molar-refractivity contribution in [3.8, 4) is 17.0 Å². The molecule has 0 aliphatic carbocycles. The van der Waals surface area contributed by atoms with E-state index in [0.717, 1.165) is 22.3 Å². The van der Waals surface area contributed by atoms with Gasteiger partial charge in [0.05, 0.1) is 5.69 Å². The first kappa shape index (κ1) is 18.3. The summed E-state index contributed by atoms with van der Waals surface area (Å²) in [6, 6.07) is 16.8. The molecule has 0 bridgehead atoms. The molecule has 30 heavy (non-hydrogen) atoms. The topological polar surface area (TPSA) is 66.6 Å². The van der Waals surface area contributed by atoms with Gasteiger partial charge in [-0.15, -0.1) is 0 Å². The maximum Gasteiger partial charge on any atom is 0.267 e. The van der Waals surface area contributed by atoms with Crippen molar-refractivity contribution in [2.45, 2.75) is 6.92 Å². The third-order valence-corrected chi connectivity index (χ3v) is 6.21. The Morgan fingerprint density at radius 1 is 1.07 bits per heavy atom. The number of hydrogen-bond acceptors (Lipinski definition) is 4. The van der Waals surface area contributed by atoms with E-state index >= 15 is 0 Å². The number of thiazole rings is 1. The first-order valence-corrected chi connectivity index (χ1v) is 10.1. The van der Waals surface area contributed by atoms with Crippen molar-refractivity contribution in [1.29, 1.82) is 0 Å². The van der Waals surface area contributed by atoms with Crippen LogP contribution in [0.25, 0.3) is 27.0 Å². The number of halogens is 1. The minimum absolute atomic E-state index is 0.169. The third kappa shape index (κ3) is 3.00. The summed E-state index contributed by atoms with van der Waals surface area (Å²) in [6.45, 7) is 1.86. The molecule has 0 atom stereocenters. The fraction of sp³-hybridized carbons (Fsp3) is 0.0435. The molecule has 5 rings (SSSR count). The van der Waals surface area contributed by atoms with Crippen molar-refractivity contribution < 1.29 is 14.3 Å². The van der Waals surface area contributed by atoms with Crippen LogP contribution in [0.5, 0.6) is 5.75 Å². The van der Waals surface area contributed by atoms with E-state index < -0.39 is 0 Å². The van der Waals surface area contributed by atoms with Crippen LogP contribution < -0.4 is 5.32 Å². The minimum Gasteiger partial charge on any atom is -0.507 e. The fourth-order valence-electron chi connectivity index (χ4n) is 3.50. The van der Waals surface area contributed by atoms with Crippen molar-refractivity contribution >= 4 is 38.7 Å². The summed E-state index contributed by atoms with van der Waals surface area (Å²) in [5.74, 6) is -0.360. The molecule has 0 saturated heterocycles. The van der Waals surface area contributed by atoms with Gasteiger partial charge in [0.1, 0.15) is 16.4 Å². The van der Waals surface area contributed by atoms with E-state index in [4.69, 9.17) is 0 Å². The van der Waals surface area contributed by atoms with Crippen LogP contribution >= 0.6 is 11.3 Å². The first-order chi connectivity index (χ1) is 14.5. The molecule has 1 amide bonds. The zero-order valence-electron chi connectivity index (χ0n) is 15.9. The molecule has 0 aliphatic rings. The third-order valence-electron chi connectivity index (χ3n) is 5.05. The molecule has 2 heterocycles. The molecule has 3 aromatic carbocycles. The van der Waals surface area contributed by atoms with Gasteiger partial charge < -0.3 is 10.4 Å². The van der Waals surface area contributed by atoms with Crippen LogP contribution in [0.1, 0.15) is 15.4 Å². The number of benzene rings is 3. The first-order valence-electron chi connectivity index (χ1n) is 9.28. The molecule has 2 aromatic heterocycles. The van der Waals surface area contributed by atoms with Crippen LogP contribution in [0.15, 0.2) is 66.9 Å². The predicted molar refractivity (Wildman–Crippen MR) is 117 cm³/mol. The molecule has 0 spiro atoms. The highest BCUT2D eigenvalue weighted by Crippen LogP contribution is 2.32. The average molecular weight is 417 g/mol. The van der Waals surface area contributed by atoms with Crippen LogP contribution in [-0.4, -0.2) is 20.4 Å². The molecule has 0 fully saturated rings. The number of aryl methyl sites for hydroxylation is 1. The summed E-state index contributed by atoms with van der Waals surface area (Å²) in [4.78, 5) is 18.8. The van der Waals surface area contributed by atoms with Crippen LogP contribution in [0.2, 0.25) is 0 Å². The Morgan fingerprint density at radius 3 is 2.57 bits per heavy atom. The Kier molecular flexibility index (Phi) is 4.25. The van der Waals surface area contributed by atoms with Gasteiger partial charge in [0.15, 0.2) is 4.96 Å². The van der Waals surface area contributed by atoms with Crippen molar-refractivity contribution in [3.63, 3.8) is 0 Å². The largest absolute Gasteiger partial charge is 0.507 e. The summed E-state index contributed by atoms with van der Waals surface area (Å²) in [5.41, 5.74) is 2.94. The number of aromatic hydroxyl groups is 1. The highest BCUT2D eigenvalue weighted by Gasteiger charge is 2.19. The lowest BCUT2D eigenvalue weighted by molar-refractivity contribution is 0.103. The Hall–Kier alpha value is -3.71. The lowest BCUT2D eigenvalue weighted by Crippen LogP contribution is -2.12. The molecule has 5 nitrogen and oxygen atoms in total. The number of nitrogens with one attached hydrogen (secondary N) is 1. The smallest absolute Gasteiger partial charge is 0.267 e. The van der Waals surface area contributed by atoms with Crippen molar-refractivity contribution in [3.05, 3.63) is 83.2 Å². The lowest BCUT2D eigenvalue weighted by Gasteiger charge is -2.09. The minimum atomic E-state index is -0.295. The maximum absolute atomic E-state index is 13.2. The highest BCUT2D eigenvalue weighted by atomic mass is 32.1. The van der Waals surface area contributed by atoms with Gasteiger partial charge >= 0.3 is 0 Å². The van der Waals surface area contributed by atoms with Crippen LogP contribution in [0.3, 0.4) is 0 Å². The van der Waals surface area contributed by atoms with E-state index in [1.54, 1.807) is 36.4 Å². The van der Waals surface area contributed by atoms with E-state index in [1.807, 2.05) is 29.7 Å². The van der Waals surface area contributed by atoms with Gasteiger partial charge in [0, 0.05) is 33.9 Å². The standard InChI is InChI=1S/C23H16FN3O2S/c1-13-21(22(29)25-18-6-2-5-17-16(18)4-3-7-20(17)28)30-23-26-19(12-27(13)23)14-8-10-15(24)11-9-14/h2-12,28H,1H3,(H,25,29). The number of nitrogens with zero attached hydrogens (tertiary/aromatic N) is 2. The number of aromatic nitrogens is 2. The Balaban J connectivity index is 1.49. The molecule has 0 radical (unpaired) electrons. The van der Waals surface area contributed by atoms with Crippen LogP contribution in [-0.2, 0) is 0 Å². The molecule has 0 aliphatic heterocycles. The lowest BCUT2D eigenvalue weighted by atomic mass is 10.1. The fourth-order valence-corrected chi connectivity index (χ4v) is 4.51. The summed E-state index contributed by atoms with van der Waals surface area (Å²) >= 11 is 1.29. The average Bonchev–Trinajstić information content (AvgIpc) is 3.29. The van der Waals surface area contributed by atoms with Crippen LogP contribution in [0.4, 0.5) is 10.1 Å².